The predicted octanol–water partition coefficient (Wildman–Crippen LogP) is 1.49. The van der Waals surface area contributed by atoms with Crippen molar-refractivity contribution < 1.29 is 14.0 Å². The molecule has 0 spiro atoms. The van der Waals surface area contributed by atoms with E-state index in [1.54, 1.807) is 18.0 Å². The van der Waals surface area contributed by atoms with Gasteiger partial charge in [-0.25, -0.2) is 0 Å². The fourth-order valence-electron chi connectivity index (χ4n) is 3.22. The molecule has 1 aromatic carbocycles. The van der Waals surface area contributed by atoms with Gasteiger partial charge in [-0.2, -0.15) is 0 Å². The molecule has 2 aromatic rings. The Morgan fingerprint density at radius 2 is 2.00 bits per heavy atom. The monoisotopic (exact) mass is 329 g/mol. The number of likely N-dealkylation sites (N-methyl/N-ethyl adjacent to an activating group) is 1. The first-order valence-electron chi connectivity index (χ1n) is 8.17. The summed E-state index contributed by atoms with van der Waals surface area (Å²) in [5, 5.41) is 3.62. The number of nitrogens with one attached hydrogen (secondary N) is 1. The number of hydrogen-bond acceptors (Lipinski definition) is 4. The van der Waals surface area contributed by atoms with Crippen molar-refractivity contribution in [1.82, 2.24) is 15.1 Å². The normalized spacial score (nSPS) is 19.3. The maximum absolute atomic E-state index is 12.9. The second-order valence-corrected chi connectivity index (χ2v) is 6.43. The highest BCUT2D eigenvalue weighted by molar-refractivity contribution is 5.98. The summed E-state index contributed by atoms with van der Waals surface area (Å²) in [7, 11) is 3.61. The highest BCUT2D eigenvalue weighted by Crippen LogP contribution is 2.21. The molecule has 0 radical (unpaired) electrons. The van der Waals surface area contributed by atoms with Crippen molar-refractivity contribution in [3.8, 4) is 0 Å². The molecule has 1 atom stereocenters. The smallest absolute Gasteiger partial charge is 0.253 e. The van der Waals surface area contributed by atoms with Crippen molar-refractivity contribution in [2.24, 2.45) is 5.92 Å². The standard InChI is InChI=1S/C18H23N3O3/c1-12-8-14-9-13(4-5-16(14)24-12)18(23)21-7-6-20(3)10-15(11-21)17(22)19-2/h4-5,8-9,15H,6-7,10-11H2,1-3H3,(H,19,22). The number of nitrogens with zero attached hydrogens (tertiary/aromatic N) is 2. The van der Waals surface area contributed by atoms with Crippen molar-refractivity contribution in [1.29, 1.82) is 0 Å². The molecule has 2 amide bonds. The molecule has 6 heteroatoms. The van der Waals surface area contributed by atoms with E-state index in [0.717, 1.165) is 23.3 Å². The van der Waals surface area contributed by atoms with Gasteiger partial charge in [0.15, 0.2) is 0 Å². The molecule has 1 saturated heterocycles. The molecule has 0 aliphatic carbocycles. The average molecular weight is 329 g/mol. The van der Waals surface area contributed by atoms with Crippen molar-refractivity contribution in [2.75, 3.05) is 40.3 Å². The van der Waals surface area contributed by atoms with Crippen LogP contribution in [0.1, 0.15) is 16.1 Å². The third-order valence-electron chi connectivity index (χ3n) is 4.52. The Morgan fingerprint density at radius 3 is 2.75 bits per heavy atom. The fourth-order valence-corrected chi connectivity index (χ4v) is 3.22. The largest absolute Gasteiger partial charge is 0.461 e. The second-order valence-electron chi connectivity index (χ2n) is 6.43. The molecule has 3 rings (SSSR count). The van der Waals surface area contributed by atoms with E-state index in [0.29, 0.717) is 25.2 Å². The highest BCUT2D eigenvalue weighted by Gasteiger charge is 2.29. The quantitative estimate of drug-likeness (QED) is 0.907. The topological polar surface area (TPSA) is 65.8 Å². The maximum atomic E-state index is 12.9. The summed E-state index contributed by atoms with van der Waals surface area (Å²) in [5.41, 5.74) is 1.41. The number of carbonyl (C=O) groups is 2. The second kappa shape index (κ2) is 6.65. The van der Waals surface area contributed by atoms with Crippen LogP contribution in [0, 0.1) is 12.8 Å². The summed E-state index contributed by atoms with van der Waals surface area (Å²) in [6.07, 6.45) is 0. The summed E-state index contributed by atoms with van der Waals surface area (Å²) >= 11 is 0. The van der Waals surface area contributed by atoms with E-state index in [-0.39, 0.29) is 17.7 Å². The molecule has 24 heavy (non-hydrogen) atoms. The Kier molecular flexibility index (Phi) is 4.57. The molecule has 128 valence electrons. The van der Waals surface area contributed by atoms with Gasteiger partial charge in [0.25, 0.3) is 5.91 Å². The minimum Gasteiger partial charge on any atom is -0.461 e. The molecule has 0 bridgehead atoms. The molecule has 1 fully saturated rings. The van der Waals surface area contributed by atoms with Crippen LogP contribution in [0.25, 0.3) is 11.0 Å². The van der Waals surface area contributed by atoms with Crippen LogP contribution in [0.5, 0.6) is 0 Å². The van der Waals surface area contributed by atoms with Crippen LogP contribution in [-0.4, -0.2) is 61.9 Å². The minimum atomic E-state index is -0.216. The summed E-state index contributed by atoms with van der Waals surface area (Å²) in [5.74, 6) is 0.541. The van der Waals surface area contributed by atoms with Gasteiger partial charge in [0, 0.05) is 44.2 Å². The summed E-state index contributed by atoms with van der Waals surface area (Å²) in [6.45, 7) is 4.35. The van der Waals surface area contributed by atoms with Crippen molar-refractivity contribution >= 4 is 22.8 Å². The number of furan rings is 1. The third-order valence-corrected chi connectivity index (χ3v) is 4.52. The molecule has 1 aliphatic heterocycles. The first-order chi connectivity index (χ1) is 11.5. The highest BCUT2D eigenvalue weighted by atomic mass is 16.3. The first kappa shape index (κ1) is 16.5. The van der Waals surface area contributed by atoms with Gasteiger partial charge in [-0.05, 0) is 38.2 Å². The van der Waals surface area contributed by atoms with Crippen LogP contribution in [0.2, 0.25) is 0 Å². The lowest BCUT2D eigenvalue weighted by molar-refractivity contribution is -0.125. The van der Waals surface area contributed by atoms with Gasteiger partial charge in [0.1, 0.15) is 11.3 Å². The number of aryl methyl sites for hydroxylation is 1. The first-order valence-corrected chi connectivity index (χ1v) is 8.17. The molecular weight excluding hydrogens is 306 g/mol. The number of carbonyl (C=O) groups excluding carboxylic acids is 2. The molecule has 1 unspecified atom stereocenters. The fraction of sp³-hybridized carbons (Fsp3) is 0.444. The molecule has 1 aliphatic rings. The molecule has 0 saturated carbocycles. The predicted molar refractivity (Wildman–Crippen MR) is 91.9 cm³/mol. The number of fused-ring (bicyclic) bond motifs is 1. The minimum absolute atomic E-state index is 0.0255. The maximum Gasteiger partial charge on any atom is 0.253 e. The lowest BCUT2D eigenvalue weighted by Gasteiger charge is -2.23. The molecular formula is C18H23N3O3. The molecule has 2 heterocycles. The van der Waals surface area contributed by atoms with E-state index in [4.69, 9.17) is 4.42 Å². The van der Waals surface area contributed by atoms with Crippen LogP contribution in [0.3, 0.4) is 0 Å². The molecule has 1 aromatic heterocycles. The summed E-state index contributed by atoms with van der Waals surface area (Å²) in [4.78, 5) is 28.8. The van der Waals surface area contributed by atoms with E-state index in [1.807, 2.05) is 32.2 Å². The van der Waals surface area contributed by atoms with Crippen molar-refractivity contribution in [3.05, 3.63) is 35.6 Å². The SMILES string of the molecule is CNC(=O)C1CN(C)CCN(C(=O)c2ccc3oc(C)cc3c2)C1. The zero-order chi connectivity index (χ0) is 17.3. The molecule has 1 N–H and O–H groups in total. The van der Waals surface area contributed by atoms with Gasteiger partial charge in [-0.15, -0.1) is 0 Å². The zero-order valence-electron chi connectivity index (χ0n) is 14.3. The van der Waals surface area contributed by atoms with Gasteiger partial charge in [0.2, 0.25) is 5.91 Å². The number of benzene rings is 1. The Hall–Kier alpha value is -2.34. The van der Waals surface area contributed by atoms with E-state index in [1.165, 1.54) is 0 Å². The van der Waals surface area contributed by atoms with E-state index < -0.39 is 0 Å². The van der Waals surface area contributed by atoms with E-state index in [2.05, 4.69) is 10.2 Å². The van der Waals surface area contributed by atoms with Gasteiger partial charge < -0.3 is 19.5 Å². The van der Waals surface area contributed by atoms with Crippen LogP contribution in [-0.2, 0) is 4.79 Å². The lowest BCUT2D eigenvalue weighted by Crippen LogP contribution is -2.41. The van der Waals surface area contributed by atoms with E-state index in [9.17, 15) is 9.59 Å². The number of amides is 2. The Bertz CT molecular complexity index is 768. The van der Waals surface area contributed by atoms with Crippen LogP contribution in [0.4, 0.5) is 0 Å². The van der Waals surface area contributed by atoms with Gasteiger partial charge in [-0.3, -0.25) is 9.59 Å². The molecule has 6 nitrogen and oxygen atoms in total. The zero-order valence-corrected chi connectivity index (χ0v) is 14.3. The van der Waals surface area contributed by atoms with Gasteiger partial charge >= 0.3 is 0 Å². The van der Waals surface area contributed by atoms with Crippen LogP contribution in [0.15, 0.2) is 28.7 Å². The van der Waals surface area contributed by atoms with Crippen molar-refractivity contribution in [3.63, 3.8) is 0 Å². The van der Waals surface area contributed by atoms with Crippen LogP contribution >= 0.6 is 0 Å². The van der Waals surface area contributed by atoms with Crippen molar-refractivity contribution in [2.45, 2.75) is 6.92 Å². The Morgan fingerprint density at radius 1 is 1.21 bits per heavy atom. The van der Waals surface area contributed by atoms with E-state index >= 15 is 0 Å². The number of rotatable bonds is 2. The van der Waals surface area contributed by atoms with Crippen LogP contribution < -0.4 is 5.32 Å². The summed E-state index contributed by atoms with van der Waals surface area (Å²) in [6, 6.07) is 7.40. The lowest BCUT2D eigenvalue weighted by atomic mass is 10.1. The Balaban J connectivity index is 1.84. The average Bonchev–Trinajstić information content (AvgIpc) is 2.83. The van der Waals surface area contributed by atoms with Gasteiger partial charge in [-0.1, -0.05) is 0 Å². The third kappa shape index (κ3) is 3.28. The number of hydrogen-bond donors (Lipinski definition) is 1. The summed E-state index contributed by atoms with van der Waals surface area (Å²) < 4.78 is 5.56. The van der Waals surface area contributed by atoms with Gasteiger partial charge in [0.05, 0.1) is 5.92 Å². The Labute approximate surface area is 141 Å².